The zero-order chi connectivity index (χ0) is 14.9. The van der Waals surface area contributed by atoms with Gasteiger partial charge in [0.25, 0.3) is 5.91 Å². The lowest BCUT2D eigenvalue weighted by molar-refractivity contribution is 0.102. The molecule has 104 valence electrons. The van der Waals surface area contributed by atoms with Crippen molar-refractivity contribution in [1.29, 1.82) is 0 Å². The fraction of sp³-hybridized carbons (Fsp3) is 0.214. The molecule has 0 unspecified atom stereocenters. The van der Waals surface area contributed by atoms with E-state index in [1.165, 1.54) is 0 Å². The Morgan fingerprint density at radius 3 is 2.65 bits per heavy atom. The van der Waals surface area contributed by atoms with Gasteiger partial charge in [-0.1, -0.05) is 24.4 Å². The molecule has 0 bridgehead atoms. The van der Waals surface area contributed by atoms with Crippen LogP contribution >= 0.6 is 12.2 Å². The van der Waals surface area contributed by atoms with E-state index in [0.29, 0.717) is 16.8 Å². The van der Waals surface area contributed by atoms with E-state index in [0.717, 1.165) is 11.3 Å². The van der Waals surface area contributed by atoms with Crippen LogP contribution in [0.5, 0.6) is 0 Å². The van der Waals surface area contributed by atoms with Crippen molar-refractivity contribution in [3.8, 4) is 0 Å². The van der Waals surface area contributed by atoms with Gasteiger partial charge in [-0.3, -0.25) is 9.48 Å². The second-order valence-corrected chi connectivity index (χ2v) is 5.02. The molecule has 2 aromatic rings. The number of nitrogens with one attached hydrogen (secondary N) is 1. The Labute approximate surface area is 122 Å². The molecule has 1 aromatic carbocycles. The van der Waals surface area contributed by atoms with Gasteiger partial charge in [0.15, 0.2) is 0 Å². The molecule has 0 atom stereocenters. The molecule has 1 amide bonds. The average molecular weight is 288 g/mol. The third kappa shape index (κ3) is 2.55. The fourth-order valence-corrected chi connectivity index (χ4v) is 2.28. The van der Waals surface area contributed by atoms with Crippen LogP contribution in [0.2, 0.25) is 0 Å². The number of carbonyl (C=O) groups is 1. The van der Waals surface area contributed by atoms with E-state index in [9.17, 15) is 4.79 Å². The van der Waals surface area contributed by atoms with Crippen LogP contribution in [-0.2, 0) is 7.05 Å². The van der Waals surface area contributed by atoms with Crippen LogP contribution in [0.4, 0.5) is 5.69 Å². The predicted molar refractivity (Wildman–Crippen MR) is 83.0 cm³/mol. The molecular formula is C14H16N4OS. The lowest BCUT2D eigenvalue weighted by atomic mass is 10.1. The van der Waals surface area contributed by atoms with Crippen molar-refractivity contribution in [1.82, 2.24) is 9.78 Å². The molecule has 6 heteroatoms. The summed E-state index contributed by atoms with van der Waals surface area (Å²) in [6.45, 7) is 3.74. The lowest BCUT2D eigenvalue weighted by Crippen LogP contribution is -2.19. The van der Waals surface area contributed by atoms with Gasteiger partial charge in [0.1, 0.15) is 4.99 Å². The van der Waals surface area contributed by atoms with Crippen LogP contribution in [0.3, 0.4) is 0 Å². The Kier molecular flexibility index (Phi) is 3.85. The number of benzene rings is 1. The molecule has 0 fully saturated rings. The summed E-state index contributed by atoms with van der Waals surface area (Å²) in [4.78, 5) is 12.6. The number of nitrogens with two attached hydrogens (primary N) is 1. The van der Waals surface area contributed by atoms with Gasteiger partial charge >= 0.3 is 0 Å². The van der Waals surface area contributed by atoms with Crippen LogP contribution in [0.25, 0.3) is 0 Å². The summed E-state index contributed by atoms with van der Waals surface area (Å²) in [5.74, 6) is -0.223. The second-order valence-electron chi connectivity index (χ2n) is 4.58. The van der Waals surface area contributed by atoms with Crippen LogP contribution in [0.15, 0.2) is 24.4 Å². The smallest absolute Gasteiger partial charge is 0.259 e. The number of thiocarbonyl (C=S) groups is 1. The van der Waals surface area contributed by atoms with Gasteiger partial charge in [0, 0.05) is 18.3 Å². The van der Waals surface area contributed by atoms with E-state index in [4.69, 9.17) is 18.0 Å². The maximum Gasteiger partial charge on any atom is 0.259 e. The van der Waals surface area contributed by atoms with Crippen molar-refractivity contribution in [3.05, 3.63) is 46.8 Å². The third-order valence-electron chi connectivity index (χ3n) is 3.25. The topological polar surface area (TPSA) is 72.9 Å². The Balaban J connectivity index is 2.36. The predicted octanol–water partition coefficient (Wildman–Crippen LogP) is 1.92. The van der Waals surface area contributed by atoms with E-state index >= 15 is 0 Å². The molecule has 1 heterocycles. The van der Waals surface area contributed by atoms with Gasteiger partial charge in [0.2, 0.25) is 0 Å². The van der Waals surface area contributed by atoms with Crippen LogP contribution in [0.1, 0.15) is 27.2 Å². The number of carbonyl (C=O) groups excluding carboxylic acids is 1. The quantitative estimate of drug-likeness (QED) is 0.846. The first-order valence-electron chi connectivity index (χ1n) is 6.11. The molecule has 0 aliphatic rings. The summed E-state index contributed by atoms with van der Waals surface area (Å²) >= 11 is 5.05. The highest BCUT2D eigenvalue weighted by molar-refractivity contribution is 7.80. The number of hydrogen-bond acceptors (Lipinski definition) is 3. The normalized spacial score (nSPS) is 10.3. The molecule has 0 saturated heterocycles. The van der Waals surface area contributed by atoms with Gasteiger partial charge in [-0.2, -0.15) is 5.10 Å². The summed E-state index contributed by atoms with van der Waals surface area (Å²) in [7, 11) is 1.79. The molecule has 0 spiro atoms. The highest BCUT2D eigenvalue weighted by atomic mass is 32.1. The number of anilines is 1. The highest BCUT2D eigenvalue weighted by Crippen LogP contribution is 2.20. The van der Waals surface area contributed by atoms with Gasteiger partial charge in [-0.15, -0.1) is 0 Å². The lowest BCUT2D eigenvalue weighted by Gasteiger charge is -2.12. The maximum atomic E-state index is 12.3. The standard InChI is InChI=1S/C14H16N4OS/c1-8-5-4-6-11(12(8)13(15)20)17-14(19)10-7-16-18(3)9(10)2/h4-7H,1-3H3,(H2,15,20)(H,17,19). The Hall–Kier alpha value is -2.21. The Bertz CT molecular complexity index is 690. The van der Waals surface area contributed by atoms with Crippen molar-refractivity contribution < 1.29 is 4.79 Å². The molecule has 0 aliphatic heterocycles. The minimum atomic E-state index is -0.223. The van der Waals surface area contributed by atoms with Crippen LogP contribution < -0.4 is 11.1 Å². The molecule has 3 N–H and O–H groups in total. The van der Waals surface area contributed by atoms with E-state index in [-0.39, 0.29) is 10.9 Å². The van der Waals surface area contributed by atoms with Crippen molar-refractivity contribution in [2.45, 2.75) is 13.8 Å². The van der Waals surface area contributed by atoms with Crippen molar-refractivity contribution in [3.63, 3.8) is 0 Å². The summed E-state index contributed by atoms with van der Waals surface area (Å²) < 4.78 is 1.65. The number of aromatic nitrogens is 2. The minimum Gasteiger partial charge on any atom is -0.389 e. The van der Waals surface area contributed by atoms with Gasteiger partial charge < -0.3 is 11.1 Å². The van der Waals surface area contributed by atoms with Crippen molar-refractivity contribution >= 4 is 28.8 Å². The molecular weight excluding hydrogens is 272 g/mol. The molecule has 5 nitrogen and oxygen atoms in total. The molecule has 0 radical (unpaired) electrons. The Morgan fingerprint density at radius 1 is 1.40 bits per heavy atom. The summed E-state index contributed by atoms with van der Waals surface area (Å²) in [6, 6.07) is 5.54. The van der Waals surface area contributed by atoms with Gasteiger partial charge in [-0.05, 0) is 25.5 Å². The summed E-state index contributed by atoms with van der Waals surface area (Å²) in [6.07, 6.45) is 1.54. The van der Waals surface area contributed by atoms with Crippen molar-refractivity contribution in [2.75, 3.05) is 5.32 Å². The number of aryl methyl sites for hydroxylation is 2. The summed E-state index contributed by atoms with van der Waals surface area (Å²) in [5, 5.41) is 6.90. The number of hydrogen-bond donors (Lipinski definition) is 2. The highest BCUT2D eigenvalue weighted by Gasteiger charge is 2.16. The van der Waals surface area contributed by atoms with E-state index in [2.05, 4.69) is 10.4 Å². The van der Waals surface area contributed by atoms with Gasteiger partial charge in [-0.25, -0.2) is 0 Å². The molecule has 0 aliphatic carbocycles. The van der Waals surface area contributed by atoms with Crippen LogP contribution in [0, 0.1) is 13.8 Å². The van der Waals surface area contributed by atoms with E-state index < -0.39 is 0 Å². The number of nitrogens with zero attached hydrogens (tertiary/aromatic N) is 2. The zero-order valence-electron chi connectivity index (χ0n) is 11.6. The molecule has 1 aromatic heterocycles. The second kappa shape index (κ2) is 5.42. The third-order valence-corrected chi connectivity index (χ3v) is 3.45. The first kappa shape index (κ1) is 14.2. The molecule has 20 heavy (non-hydrogen) atoms. The van der Waals surface area contributed by atoms with Crippen LogP contribution in [-0.4, -0.2) is 20.7 Å². The number of rotatable bonds is 3. The zero-order valence-corrected chi connectivity index (χ0v) is 12.4. The molecule has 0 saturated carbocycles. The first-order chi connectivity index (χ1) is 9.41. The summed E-state index contributed by atoms with van der Waals surface area (Å²) in [5.41, 5.74) is 9.29. The molecule has 2 rings (SSSR count). The number of amides is 1. The maximum absolute atomic E-state index is 12.3. The van der Waals surface area contributed by atoms with Crippen molar-refractivity contribution in [2.24, 2.45) is 12.8 Å². The monoisotopic (exact) mass is 288 g/mol. The Morgan fingerprint density at radius 2 is 2.10 bits per heavy atom. The first-order valence-corrected chi connectivity index (χ1v) is 6.52. The van der Waals surface area contributed by atoms with Gasteiger partial charge in [0.05, 0.1) is 17.4 Å². The van der Waals surface area contributed by atoms with E-state index in [1.807, 2.05) is 26.0 Å². The largest absolute Gasteiger partial charge is 0.389 e. The SMILES string of the molecule is Cc1cccc(NC(=O)c2cnn(C)c2C)c1C(N)=S. The fourth-order valence-electron chi connectivity index (χ4n) is 2.01. The minimum absolute atomic E-state index is 0.223. The van der Waals surface area contributed by atoms with E-state index in [1.54, 1.807) is 24.0 Å². The average Bonchev–Trinajstić information content (AvgIpc) is 2.69.